The Bertz CT molecular complexity index is 340. The highest BCUT2D eigenvalue weighted by atomic mass is 32.2. The van der Waals surface area contributed by atoms with Crippen molar-refractivity contribution in [3.8, 4) is 0 Å². The largest absolute Gasteiger partial charge is 0.396 e. The van der Waals surface area contributed by atoms with Crippen LogP contribution in [0.5, 0.6) is 0 Å². The number of rotatable bonds is 9. The molecule has 2 unspecified atom stereocenters. The molecule has 1 rings (SSSR count). The van der Waals surface area contributed by atoms with E-state index in [0.717, 1.165) is 32.1 Å². The number of nitrogens with zero attached hydrogens (tertiary/aromatic N) is 1. The van der Waals surface area contributed by atoms with Crippen molar-refractivity contribution in [2.75, 3.05) is 26.2 Å². The van der Waals surface area contributed by atoms with Gasteiger partial charge < -0.3 is 5.11 Å². The highest BCUT2D eigenvalue weighted by Crippen LogP contribution is 2.30. The zero-order valence-corrected chi connectivity index (χ0v) is 13.0. The van der Waals surface area contributed by atoms with Crippen LogP contribution in [0.1, 0.15) is 46.0 Å². The molecule has 1 fully saturated rings. The first-order chi connectivity index (χ1) is 9.05. The maximum absolute atomic E-state index is 12.2. The first-order valence-corrected chi connectivity index (χ1v) is 8.84. The predicted molar refractivity (Wildman–Crippen MR) is 77.0 cm³/mol. The molecule has 0 heterocycles. The zero-order valence-electron chi connectivity index (χ0n) is 12.1. The van der Waals surface area contributed by atoms with E-state index in [-0.39, 0.29) is 18.4 Å². The summed E-state index contributed by atoms with van der Waals surface area (Å²) in [6.45, 7) is 5.72. The van der Waals surface area contributed by atoms with Crippen molar-refractivity contribution in [2.24, 2.45) is 11.8 Å². The number of hydrogen-bond acceptors (Lipinski definition) is 3. The molecule has 1 saturated carbocycles. The number of aliphatic hydroxyl groups is 1. The van der Waals surface area contributed by atoms with Crippen molar-refractivity contribution in [3.05, 3.63) is 0 Å². The van der Waals surface area contributed by atoms with E-state index in [2.05, 4.69) is 4.72 Å². The van der Waals surface area contributed by atoms with Crippen LogP contribution in [0, 0.1) is 11.8 Å². The van der Waals surface area contributed by atoms with Crippen LogP contribution in [0.3, 0.4) is 0 Å². The van der Waals surface area contributed by atoms with E-state index < -0.39 is 10.2 Å². The highest BCUT2D eigenvalue weighted by molar-refractivity contribution is 7.87. The summed E-state index contributed by atoms with van der Waals surface area (Å²) >= 11 is 0. The van der Waals surface area contributed by atoms with E-state index in [1.807, 2.05) is 13.8 Å². The molecule has 0 saturated heterocycles. The minimum absolute atomic E-state index is 0.167. The van der Waals surface area contributed by atoms with Gasteiger partial charge in [0, 0.05) is 26.2 Å². The smallest absolute Gasteiger partial charge is 0.279 e. The normalized spacial score (nSPS) is 24.2. The van der Waals surface area contributed by atoms with Gasteiger partial charge in [-0.15, -0.1) is 0 Å². The molecule has 2 N–H and O–H groups in total. The Morgan fingerprint density at radius 2 is 1.74 bits per heavy atom. The number of aliphatic hydroxyl groups excluding tert-OH is 1. The minimum Gasteiger partial charge on any atom is -0.396 e. The van der Waals surface area contributed by atoms with Gasteiger partial charge in [-0.3, -0.25) is 0 Å². The molecule has 1 aliphatic rings. The van der Waals surface area contributed by atoms with Crippen molar-refractivity contribution < 1.29 is 13.5 Å². The second-order valence-electron chi connectivity index (χ2n) is 5.39. The van der Waals surface area contributed by atoms with Crippen molar-refractivity contribution in [3.63, 3.8) is 0 Å². The van der Waals surface area contributed by atoms with E-state index in [1.165, 1.54) is 4.31 Å². The Morgan fingerprint density at radius 3 is 2.26 bits per heavy atom. The van der Waals surface area contributed by atoms with Crippen LogP contribution in [-0.4, -0.2) is 44.1 Å². The molecule has 0 bridgehead atoms. The number of nitrogens with one attached hydrogen (secondary N) is 1. The molecule has 114 valence electrons. The zero-order chi connectivity index (χ0) is 14.3. The maximum atomic E-state index is 12.2. The van der Waals surface area contributed by atoms with Gasteiger partial charge >= 0.3 is 0 Å². The van der Waals surface area contributed by atoms with Crippen LogP contribution in [-0.2, 0) is 10.2 Å². The summed E-state index contributed by atoms with van der Waals surface area (Å²) in [5.41, 5.74) is 0. The Morgan fingerprint density at radius 1 is 1.16 bits per heavy atom. The van der Waals surface area contributed by atoms with Crippen molar-refractivity contribution in [1.29, 1.82) is 0 Å². The molecule has 0 aromatic carbocycles. The fourth-order valence-corrected chi connectivity index (χ4v) is 4.23. The number of hydrogen-bond donors (Lipinski definition) is 2. The monoisotopic (exact) mass is 292 g/mol. The maximum Gasteiger partial charge on any atom is 0.279 e. The highest BCUT2D eigenvalue weighted by Gasteiger charge is 2.29. The van der Waals surface area contributed by atoms with Crippen LogP contribution >= 0.6 is 0 Å². The topological polar surface area (TPSA) is 69.6 Å². The van der Waals surface area contributed by atoms with E-state index in [4.69, 9.17) is 0 Å². The van der Waals surface area contributed by atoms with Crippen molar-refractivity contribution in [1.82, 2.24) is 9.03 Å². The first kappa shape index (κ1) is 16.9. The van der Waals surface area contributed by atoms with Crippen LogP contribution in [0.15, 0.2) is 0 Å². The molecule has 0 aliphatic heterocycles. The van der Waals surface area contributed by atoms with Gasteiger partial charge in [-0.1, -0.05) is 20.3 Å². The summed E-state index contributed by atoms with van der Waals surface area (Å²) in [5.74, 6) is 0.540. The summed E-state index contributed by atoms with van der Waals surface area (Å²) in [6, 6.07) is 0. The summed E-state index contributed by atoms with van der Waals surface area (Å²) in [6.07, 6.45) is 4.75. The Hall–Kier alpha value is -0.170. The third-order valence-corrected chi connectivity index (χ3v) is 5.44. The molecule has 1 aliphatic carbocycles. The van der Waals surface area contributed by atoms with E-state index >= 15 is 0 Å². The van der Waals surface area contributed by atoms with Gasteiger partial charge in [-0.05, 0) is 37.5 Å². The van der Waals surface area contributed by atoms with Crippen LogP contribution < -0.4 is 4.72 Å². The van der Waals surface area contributed by atoms with Gasteiger partial charge in [-0.2, -0.15) is 12.7 Å². The lowest BCUT2D eigenvalue weighted by atomic mass is 9.97. The molecule has 19 heavy (non-hydrogen) atoms. The fourth-order valence-electron chi connectivity index (χ4n) is 2.78. The lowest BCUT2D eigenvalue weighted by molar-refractivity contribution is 0.195. The van der Waals surface area contributed by atoms with Gasteiger partial charge in [-0.25, -0.2) is 4.72 Å². The summed E-state index contributed by atoms with van der Waals surface area (Å²) in [7, 11) is -3.36. The summed E-state index contributed by atoms with van der Waals surface area (Å²) in [5, 5.41) is 9.26. The predicted octanol–water partition coefficient (Wildman–Crippen LogP) is 1.35. The molecule has 0 amide bonds. The Balaban J connectivity index is 2.52. The van der Waals surface area contributed by atoms with E-state index in [0.29, 0.717) is 19.6 Å². The molecule has 5 nitrogen and oxygen atoms in total. The quantitative estimate of drug-likeness (QED) is 0.674. The molecule has 0 aromatic heterocycles. The van der Waals surface area contributed by atoms with Gasteiger partial charge in [0.15, 0.2) is 0 Å². The minimum atomic E-state index is -3.36. The van der Waals surface area contributed by atoms with Crippen molar-refractivity contribution in [2.45, 2.75) is 46.0 Å². The SMILES string of the molecule is CCCN(CCC)S(=O)(=O)NCC1CCCC1CO. The van der Waals surface area contributed by atoms with E-state index in [1.54, 1.807) is 0 Å². The third-order valence-electron chi connectivity index (χ3n) is 3.86. The van der Waals surface area contributed by atoms with Crippen LogP contribution in [0.25, 0.3) is 0 Å². The fraction of sp³-hybridized carbons (Fsp3) is 1.00. The molecule has 2 atom stereocenters. The second kappa shape index (κ2) is 8.19. The molecule has 0 radical (unpaired) electrons. The van der Waals surface area contributed by atoms with Gasteiger partial charge in [0.2, 0.25) is 0 Å². The van der Waals surface area contributed by atoms with E-state index in [9.17, 15) is 13.5 Å². The summed E-state index contributed by atoms with van der Waals surface area (Å²) < 4.78 is 28.7. The molecular formula is C13H28N2O3S. The average Bonchev–Trinajstić information content (AvgIpc) is 2.83. The van der Waals surface area contributed by atoms with Crippen molar-refractivity contribution >= 4 is 10.2 Å². The van der Waals surface area contributed by atoms with Gasteiger partial charge in [0.05, 0.1) is 0 Å². The van der Waals surface area contributed by atoms with Gasteiger partial charge in [0.1, 0.15) is 0 Å². The summed E-state index contributed by atoms with van der Waals surface area (Å²) in [4.78, 5) is 0. The lowest BCUT2D eigenvalue weighted by Gasteiger charge is -2.24. The van der Waals surface area contributed by atoms with Gasteiger partial charge in [0.25, 0.3) is 10.2 Å². The average molecular weight is 292 g/mol. The Labute approximate surface area is 117 Å². The standard InChI is InChI=1S/C13H28N2O3S/c1-3-8-15(9-4-2)19(17,18)14-10-12-6-5-7-13(12)11-16/h12-14,16H,3-11H2,1-2H3. The lowest BCUT2D eigenvalue weighted by Crippen LogP contribution is -2.43. The molecule has 6 heteroatoms. The van der Waals surface area contributed by atoms with Crippen LogP contribution in [0.4, 0.5) is 0 Å². The second-order valence-corrected chi connectivity index (χ2v) is 7.14. The Kier molecular flexibility index (Phi) is 7.28. The molecule has 0 aromatic rings. The molecular weight excluding hydrogens is 264 g/mol. The first-order valence-electron chi connectivity index (χ1n) is 7.40. The van der Waals surface area contributed by atoms with Crippen LogP contribution in [0.2, 0.25) is 0 Å². The third kappa shape index (κ3) is 5.02. The molecule has 0 spiro atoms.